The molecule has 0 aliphatic carbocycles. The molecule has 0 fully saturated rings. The number of benzene rings is 1. The van der Waals surface area contributed by atoms with Crippen LogP contribution in [0.15, 0.2) is 33.5 Å². The van der Waals surface area contributed by atoms with Crippen molar-refractivity contribution in [2.24, 2.45) is 0 Å². The Bertz CT molecular complexity index is 802. The quantitative estimate of drug-likeness (QED) is 0.696. The van der Waals surface area contributed by atoms with Crippen molar-refractivity contribution in [3.8, 4) is 5.75 Å². The van der Waals surface area contributed by atoms with Gasteiger partial charge in [-0.1, -0.05) is 23.8 Å². The molecule has 4 heteroatoms. The predicted molar refractivity (Wildman–Crippen MR) is 85.4 cm³/mol. The van der Waals surface area contributed by atoms with Crippen molar-refractivity contribution in [1.82, 2.24) is 0 Å². The lowest BCUT2D eigenvalue weighted by Crippen LogP contribution is -2.13. The maximum atomic E-state index is 12.2. The van der Waals surface area contributed by atoms with Crippen LogP contribution in [-0.4, -0.2) is 10.9 Å². The maximum Gasteiger partial charge on any atom is 0.351 e. The van der Waals surface area contributed by atoms with Crippen LogP contribution in [0.4, 0.5) is 0 Å². The highest BCUT2D eigenvalue weighted by atomic mass is 16.4. The second-order valence-corrected chi connectivity index (χ2v) is 5.41. The third-order valence-electron chi connectivity index (χ3n) is 3.44. The minimum Gasteiger partial charge on any atom is -0.507 e. The fraction of sp³-hybridized carbons (Fsp3) is 0.222. The van der Waals surface area contributed by atoms with Gasteiger partial charge in [-0.05, 0) is 50.5 Å². The molecule has 0 bridgehead atoms. The van der Waals surface area contributed by atoms with Crippen LogP contribution >= 0.6 is 0 Å². The Morgan fingerprint density at radius 2 is 1.68 bits per heavy atom. The smallest absolute Gasteiger partial charge is 0.351 e. The number of carbonyl (C=O) groups excluding carboxylic acids is 1. The van der Waals surface area contributed by atoms with E-state index < -0.39 is 11.4 Å². The van der Waals surface area contributed by atoms with Gasteiger partial charge in [0.05, 0.1) is 0 Å². The molecule has 4 nitrogen and oxygen atoms in total. The standard InChI is InChI=1S/C18H18O4/c1-10-7-11(2)14(12(3)8-10)5-6-15(19)17-16(20)9-13(4)22-18(17)21/h5-9,20H,1-4H3/b6-5+. The van der Waals surface area contributed by atoms with E-state index in [0.717, 1.165) is 22.3 Å². The first-order valence-electron chi connectivity index (χ1n) is 6.93. The SMILES string of the molecule is Cc1cc(C)c(/C=C/C(=O)c2c(O)cc(C)oc2=O)c(C)c1. The second-order valence-electron chi connectivity index (χ2n) is 5.41. The third-order valence-corrected chi connectivity index (χ3v) is 3.44. The number of aromatic hydroxyl groups is 1. The monoisotopic (exact) mass is 298 g/mol. The fourth-order valence-corrected chi connectivity index (χ4v) is 2.52. The van der Waals surface area contributed by atoms with Crippen LogP contribution in [0, 0.1) is 27.7 Å². The van der Waals surface area contributed by atoms with E-state index in [1.54, 1.807) is 6.08 Å². The maximum absolute atomic E-state index is 12.2. The first-order chi connectivity index (χ1) is 10.3. The zero-order valence-electron chi connectivity index (χ0n) is 13.1. The average Bonchev–Trinajstić information content (AvgIpc) is 2.35. The van der Waals surface area contributed by atoms with Crippen LogP contribution in [-0.2, 0) is 0 Å². The van der Waals surface area contributed by atoms with Gasteiger partial charge >= 0.3 is 5.63 Å². The van der Waals surface area contributed by atoms with E-state index in [1.807, 2.05) is 32.9 Å². The molecule has 22 heavy (non-hydrogen) atoms. The Balaban J connectivity index is 2.40. The lowest BCUT2D eigenvalue weighted by atomic mass is 9.99. The third kappa shape index (κ3) is 3.17. The van der Waals surface area contributed by atoms with Crippen LogP contribution in [0.3, 0.4) is 0 Å². The van der Waals surface area contributed by atoms with Gasteiger partial charge in [0, 0.05) is 6.07 Å². The molecular formula is C18H18O4. The Morgan fingerprint density at radius 3 is 2.23 bits per heavy atom. The highest BCUT2D eigenvalue weighted by Crippen LogP contribution is 2.19. The Labute approximate surface area is 128 Å². The second kappa shape index (κ2) is 6.02. The van der Waals surface area contributed by atoms with Crippen LogP contribution in [0.2, 0.25) is 0 Å². The van der Waals surface area contributed by atoms with Gasteiger partial charge < -0.3 is 9.52 Å². The van der Waals surface area contributed by atoms with E-state index in [2.05, 4.69) is 0 Å². The van der Waals surface area contributed by atoms with Gasteiger partial charge in [0.25, 0.3) is 0 Å². The average molecular weight is 298 g/mol. The molecule has 0 spiro atoms. The molecule has 2 rings (SSSR count). The van der Waals surface area contributed by atoms with Gasteiger partial charge in [0.15, 0.2) is 5.78 Å². The summed E-state index contributed by atoms with van der Waals surface area (Å²) in [5.41, 5.74) is 2.99. The molecule has 0 aliphatic rings. The molecule has 1 aromatic carbocycles. The molecule has 0 atom stereocenters. The summed E-state index contributed by atoms with van der Waals surface area (Å²) in [7, 11) is 0. The molecule has 0 saturated carbocycles. The van der Waals surface area contributed by atoms with E-state index >= 15 is 0 Å². The molecule has 0 aliphatic heterocycles. The van der Waals surface area contributed by atoms with E-state index in [9.17, 15) is 14.7 Å². The van der Waals surface area contributed by atoms with Gasteiger partial charge in [-0.3, -0.25) is 4.79 Å². The van der Waals surface area contributed by atoms with Gasteiger partial charge in [0.2, 0.25) is 0 Å². The van der Waals surface area contributed by atoms with Crippen LogP contribution in [0.1, 0.15) is 38.4 Å². The number of hydrogen-bond acceptors (Lipinski definition) is 4. The summed E-state index contributed by atoms with van der Waals surface area (Å²) in [6.45, 7) is 7.46. The lowest BCUT2D eigenvalue weighted by Gasteiger charge is -2.07. The first kappa shape index (κ1) is 15.8. The Morgan fingerprint density at radius 1 is 1.09 bits per heavy atom. The van der Waals surface area contributed by atoms with Crippen molar-refractivity contribution in [3.63, 3.8) is 0 Å². The normalized spacial score (nSPS) is 11.1. The first-order valence-corrected chi connectivity index (χ1v) is 6.93. The van der Waals surface area contributed by atoms with E-state index in [1.165, 1.54) is 19.1 Å². The zero-order valence-corrected chi connectivity index (χ0v) is 13.1. The topological polar surface area (TPSA) is 67.5 Å². The molecule has 0 saturated heterocycles. The van der Waals surface area contributed by atoms with Gasteiger partial charge in [0.1, 0.15) is 17.1 Å². The van der Waals surface area contributed by atoms with Crippen LogP contribution in [0.25, 0.3) is 6.08 Å². The van der Waals surface area contributed by atoms with Crippen molar-refractivity contribution in [2.45, 2.75) is 27.7 Å². The molecule has 0 radical (unpaired) electrons. The summed E-state index contributed by atoms with van der Waals surface area (Å²) in [5.74, 6) is -0.681. The molecule has 114 valence electrons. The summed E-state index contributed by atoms with van der Waals surface area (Å²) in [4.78, 5) is 23.9. The van der Waals surface area contributed by atoms with E-state index in [0.29, 0.717) is 0 Å². The summed E-state index contributed by atoms with van der Waals surface area (Å²) < 4.78 is 4.86. The summed E-state index contributed by atoms with van der Waals surface area (Å²) >= 11 is 0. The molecule has 2 aromatic rings. The van der Waals surface area contributed by atoms with Gasteiger partial charge in [-0.25, -0.2) is 4.79 Å². The van der Waals surface area contributed by atoms with E-state index in [-0.39, 0.29) is 17.1 Å². The van der Waals surface area contributed by atoms with Crippen molar-refractivity contribution in [2.75, 3.05) is 0 Å². The number of hydrogen-bond donors (Lipinski definition) is 1. The predicted octanol–water partition coefficient (Wildman–Crippen LogP) is 3.48. The molecular weight excluding hydrogens is 280 g/mol. The van der Waals surface area contributed by atoms with Crippen molar-refractivity contribution in [1.29, 1.82) is 0 Å². The molecule has 0 unspecified atom stereocenters. The summed E-state index contributed by atoms with van der Waals surface area (Å²) in [6, 6.07) is 5.30. The Kier molecular flexibility index (Phi) is 4.31. The number of aryl methyl sites for hydroxylation is 4. The molecule has 0 amide bonds. The lowest BCUT2D eigenvalue weighted by molar-refractivity contribution is 0.104. The van der Waals surface area contributed by atoms with Gasteiger partial charge in [-0.15, -0.1) is 0 Å². The minimum atomic E-state index is -0.829. The summed E-state index contributed by atoms with van der Waals surface area (Å²) in [6.07, 6.45) is 2.94. The fourth-order valence-electron chi connectivity index (χ4n) is 2.52. The number of rotatable bonds is 3. The molecule has 1 aromatic heterocycles. The largest absolute Gasteiger partial charge is 0.507 e. The number of ketones is 1. The highest BCUT2D eigenvalue weighted by molar-refractivity contribution is 6.08. The van der Waals surface area contributed by atoms with E-state index in [4.69, 9.17) is 4.42 Å². The summed E-state index contributed by atoms with van der Waals surface area (Å²) in [5, 5.41) is 9.77. The van der Waals surface area contributed by atoms with Crippen LogP contribution < -0.4 is 5.63 Å². The minimum absolute atomic E-state index is 0.258. The highest BCUT2D eigenvalue weighted by Gasteiger charge is 2.16. The zero-order chi connectivity index (χ0) is 16.4. The van der Waals surface area contributed by atoms with Gasteiger partial charge in [-0.2, -0.15) is 0 Å². The Hall–Kier alpha value is -2.62. The van der Waals surface area contributed by atoms with Crippen molar-refractivity contribution < 1.29 is 14.3 Å². The number of allylic oxidation sites excluding steroid dienone is 1. The van der Waals surface area contributed by atoms with Crippen LogP contribution in [0.5, 0.6) is 5.75 Å². The molecule has 1 N–H and O–H groups in total. The number of carbonyl (C=O) groups is 1. The van der Waals surface area contributed by atoms with Crippen molar-refractivity contribution >= 4 is 11.9 Å². The molecule has 1 heterocycles. The van der Waals surface area contributed by atoms with Crippen molar-refractivity contribution in [3.05, 3.63) is 68.3 Å².